The topological polar surface area (TPSA) is 81.7 Å². The average Bonchev–Trinajstić information content (AvgIpc) is 2.66. The molecule has 0 saturated carbocycles. The summed E-state index contributed by atoms with van der Waals surface area (Å²) >= 11 is 0. The van der Waals surface area contributed by atoms with Gasteiger partial charge in [-0.1, -0.05) is 30.3 Å². The molecule has 2 rings (SSSR count). The number of carbonyl (C=O) groups excluding carboxylic acids is 3. The number of ketones is 1. The summed E-state index contributed by atoms with van der Waals surface area (Å²) in [4.78, 5) is 35.7. The fraction of sp³-hybridized carbons (Fsp3) is 0.150. The van der Waals surface area contributed by atoms with Gasteiger partial charge < -0.3 is 14.8 Å². The zero-order valence-electron chi connectivity index (χ0n) is 14.5. The highest BCUT2D eigenvalue weighted by atomic mass is 16.5. The minimum Gasteiger partial charge on any atom is -0.497 e. The molecule has 0 aromatic heterocycles. The molecular weight excluding hydrogens is 334 g/mol. The van der Waals surface area contributed by atoms with Gasteiger partial charge in [0.2, 0.25) is 5.91 Å². The monoisotopic (exact) mass is 353 g/mol. The second-order valence-electron chi connectivity index (χ2n) is 5.38. The molecule has 0 heterocycles. The third-order valence-corrected chi connectivity index (χ3v) is 3.39. The summed E-state index contributed by atoms with van der Waals surface area (Å²) in [6.45, 7) is 0.853. The molecule has 0 aliphatic heterocycles. The van der Waals surface area contributed by atoms with Crippen LogP contribution in [0.1, 0.15) is 22.8 Å². The minimum atomic E-state index is -0.786. The van der Waals surface area contributed by atoms with E-state index in [0.717, 1.165) is 5.56 Å². The molecular formula is C20H19NO5. The van der Waals surface area contributed by atoms with Gasteiger partial charge in [0, 0.05) is 12.5 Å². The van der Waals surface area contributed by atoms with Gasteiger partial charge in [-0.3, -0.25) is 9.59 Å². The molecule has 2 aromatic carbocycles. The first-order valence-electron chi connectivity index (χ1n) is 7.88. The van der Waals surface area contributed by atoms with Crippen molar-refractivity contribution in [1.29, 1.82) is 0 Å². The number of hydrogen-bond donors (Lipinski definition) is 1. The Balaban J connectivity index is 2.05. The van der Waals surface area contributed by atoms with Crippen molar-refractivity contribution in [3.63, 3.8) is 0 Å². The number of nitrogens with one attached hydrogen (secondary N) is 1. The Morgan fingerprint density at radius 1 is 1.00 bits per heavy atom. The first-order valence-corrected chi connectivity index (χ1v) is 7.88. The quantitative estimate of drug-likeness (QED) is 0.470. The van der Waals surface area contributed by atoms with Crippen molar-refractivity contribution < 1.29 is 23.9 Å². The molecule has 0 bridgehead atoms. The Bertz CT molecular complexity index is 810. The maximum Gasteiger partial charge on any atom is 0.355 e. The van der Waals surface area contributed by atoms with Gasteiger partial charge in [0.05, 0.1) is 7.11 Å². The van der Waals surface area contributed by atoms with E-state index in [1.54, 1.807) is 48.5 Å². The molecule has 0 aliphatic rings. The summed E-state index contributed by atoms with van der Waals surface area (Å²) in [7, 11) is 1.53. The van der Waals surface area contributed by atoms with Crippen molar-refractivity contribution in [2.45, 2.75) is 6.92 Å². The molecule has 6 heteroatoms. The number of Topliss-reactive ketones (excluding diaryl/α,β-unsaturated/α-hetero) is 1. The molecule has 1 N–H and O–H groups in total. The molecule has 1 amide bonds. The van der Waals surface area contributed by atoms with E-state index in [1.807, 2.05) is 6.07 Å². The molecule has 0 radical (unpaired) electrons. The lowest BCUT2D eigenvalue weighted by atomic mass is 10.1. The molecule has 0 saturated heterocycles. The van der Waals surface area contributed by atoms with Gasteiger partial charge in [-0.15, -0.1) is 0 Å². The molecule has 0 unspecified atom stereocenters. The maximum atomic E-state index is 12.2. The summed E-state index contributed by atoms with van der Waals surface area (Å²) in [5.41, 5.74) is 1.08. The van der Waals surface area contributed by atoms with Gasteiger partial charge in [0.1, 0.15) is 11.4 Å². The molecule has 6 nitrogen and oxygen atoms in total. The summed E-state index contributed by atoms with van der Waals surface area (Å²) in [5, 5.41) is 2.43. The van der Waals surface area contributed by atoms with Gasteiger partial charge in [-0.05, 0) is 35.9 Å². The Labute approximate surface area is 151 Å². The number of benzene rings is 2. The lowest BCUT2D eigenvalue weighted by molar-refractivity contribution is -0.139. The van der Waals surface area contributed by atoms with Crippen LogP contribution in [-0.4, -0.2) is 31.4 Å². The summed E-state index contributed by atoms with van der Waals surface area (Å²) < 4.78 is 10.1. The van der Waals surface area contributed by atoms with Crippen LogP contribution in [0.2, 0.25) is 0 Å². The van der Waals surface area contributed by atoms with Crippen LogP contribution in [-0.2, 0) is 14.3 Å². The lowest BCUT2D eigenvalue weighted by Gasteiger charge is -2.09. The van der Waals surface area contributed by atoms with E-state index in [0.29, 0.717) is 11.3 Å². The third kappa shape index (κ3) is 5.59. The summed E-state index contributed by atoms with van der Waals surface area (Å²) in [6.07, 6.45) is 1.49. The highest BCUT2D eigenvalue weighted by Gasteiger charge is 2.15. The fourth-order valence-corrected chi connectivity index (χ4v) is 2.12. The number of esters is 1. The van der Waals surface area contributed by atoms with Crippen molar-refractivity contribution in [3.05, 3.63) is 71.4 Å². The van der Waals surface area contributed by atoms with Crippen molar-refractivity contribution >= 4 is 23.7 Å². The fourth-order valence-electron chi connectivity index (χ4n) is 2.12. The lowest BCUT2D eigenvalue weighted by Crippen LogP contribution is -2.27. The number of hydrogen-bond acceptors (Lipinski definition) is 5. The molecule has 0 spiro atoms. The zero-order chi connectivity index (χ0) is 18.9. The second kappa shape index (κ2) is 9.17. The molecule has 0 atom stereocenters. The predicted octanol–water partition coefficient (Wildman–Crippen LogP) is 2.60. The SMILES string of the molecule is COc1ccc(C(=O)COC(=O)/C(=C/c2ccccc2)NC(C)=O)cc1. The number of methoxy groups -OCH3 is 1. The first kappa shape index (κ1) is 18.9. The highest BCUT2D eigenvalue weighted by Crippen LogP contribution is 2.12. The van der Waals surface area contributed by atoms with E-state index < -0.39 is 18.5 Å². The van der Waals surface area contributed by atoms with E-state index >= 15 is 0 Å². The van der Waals surface area contributed by atoms with Crippen molar-refractivity contribution in [1.82, 2.24) is 5.32 Å². The number of carbonyl (C=O) groups is 3. The molecule has 26 heavy (non-hydrogen) atoms. The second-order valence-corrected chi connectivity index (χ2v) is 5.38. The largest absolute Gasteiger partial charge is 0.497 e. The average molecular weight is 353 g/mol. The van der Waals surface area contributed by atoms with Crippen LogP contribution in [0.15, 0.2) is 60.3 Å². The molecule has 2 aromatic rings. The van der Waals surface area contributed by atoms with Gasteiger partial charge in [-0.25, -0.2) is 4.79 Å². The van der Waals surface area contributed by atoms with Gasteiger partial charge in [-0.2, -0.15) is 0 Å². The molecule has 134 valence electrons. The summed E-state index contributed by atoms with van der Waals surface area (Å²) in [6, 6.07) is 15.5. The molecule has 0 aliphatic carbocycles. The highest BCUT2D eigenvalue weighted by molar-refractivity contribution is 6.01. The molecule has 0 fully saturated rings. The first-order chi connectivity index (χ1) is 12.5. The Morgan fingerprint density at radius 3 is 2.23 bits per heavy atom. The Kier molecular flexibility index (Phi) is 6.68. The van der Waals surface area contributed by atoms with Gasteiger partial charge in [0.25, 0.3) is 0 Å². The van der Waals surface area contributed by atoms with E-state index in [9.17, 15) is 14.4 Å². The van der Waals surface area contributed by atoms with Crippen molar-refractivity contribution in [3.8, 4) is 5.75 Å². The van der Waals surface area contributed by atoms with E-state index in [2.05, 4.69) is 5.32 Å². The van der Waals surface area contributed by atoms with Crippen LogP contribution in [0.25, 0.3) is 6.08 Å². The zero-order valence-corrected chi connectivity index (χ0v) is 14.5. The van der Waals surface area contributed by atoms with Crippen LogP contribution in [0.5, 0.6) is 5.75 Å². The van der Waals surface area contributed by atoms with Crippen molar-refractivity contribution in [2.75, 3.05) is 13.7 Å². The predicted molar refractivity (Wildman–Crippen MR) is 96.5 cm³/mol. The Hall–Kier alpha value is -3.41. The van der Waals surface area contributed by atoms with E-state index in [4.69, 9.17) is 9.47 Å². The smallest absolute Gasteiger partial charge is 0.355 e. The summed E-state index contributed by atoms with van der Waals surface area (Å²) in [5.74, 6) is -0.934. The standard InChI is InChI=1S/C20H19NO5/c1-14(22)21-18(12-15-6-4-3-5-7-15)20(24)26-13-19(23)16-8-10-17(25-2)11-9-16/h3-12H,13H2,1-2H3,(H,21,22)/b18-12-. The normalized spacial score (nSPS) is 10.8. The van der Waals surface area contributed by atoms with Crippen LogP contribution in [0, 0.1) is 0 Å². The third-order valence-electron chi connectivity index (χ3n) is 3.39. The van der Waals surface area contributed by atoms with Gasteiger partial charge in [0.15, 0.2) is 12.4 Å². The minimum absolute atomic E-state index is 0.0359. The maximum absolute atomic E-state index is 12.2. The Morgan fingerprint density at radius 2 is 1.65 bits per heavy atom. The number of rotatable bonds is 7. The van der Waals surface area contributed by atoms with Gasteiger partial charge >= 0.3 is 5.97 Å². The van der Waals surface area contributed by atoms with Crippen LogP contribution >= 0.6 is 0 Å². The number of ether oxygens (including phenoxy) is 2. The van der Waals surface area contributed by atoms with Crippen LogP contribution in [0.4, 0.5) is 0 Å². The van der Waals surface area contributed by atoms with E-state index in [1.165, 1.54) is 20.1 Å². The van der Waals surface area contributed by atoms with Crippen LogP contribution in [0.3, 0.4) is 0 Å². The van der Waals surface area contributed by atoms with Crippen LogP contribution < -0.4 is 10.1 Å². The van der Waals surface area contributed by atoms with E-state index in [-0.39, 0.29) is 11.5 Å². The van der Waals surface area contributed by atoms with Crippen molar-refractivity contribution in [2.24, 2.45) is 0 Å². The number of amides is 1.